The molecule has 1 unspecified atom stereocenters. The van der Waals surface area contributed by atoms with Crippen LogP contribution in [-0.2, 0) is 0 Å². The van der Waals surface area contributed by atoms with E-state index in [1.807, 2.05) is 13.8 Å². The van der Waals surface area contributed by atoms with Gasteiger partial charge in [0.05, 0.1) is 10.6 Å². The van der Waals surface area contributed by atoms with E-state index in [1.54, 1.807) is 25.2 Å². The van der Waals surface area contributed by atoms with Crippen molar-refractivity contribution in [2.75, 3.05) is 13.6 Å². The van der Waals surface area contributed by atoms with Gasteiger partial charge in [-0.15, -0.1) is 0 Å². The average Bonchev–Trinajstić information content (AvgIpc) is 2.20. The number of nitrogens with one attached hydrogen (secondary N) is 1. The highest BCUT2D eigenvalue weighted by Gasteiger charge is 2.11. The van der Waals surface area contributed by atoms with Crippen LogP contribution in [0.15, 0.2) is 22.7 Å². The number of benzene rings is 1. The molecule has 16 heavy (non-hydrogen) atoms. The second-order valence-electron chi connectivity index (χ2n) is 3.88. The van der Waals surface area contributed by atoms with Crippen LogP contribution in [0, 0.1) is 0 Å². The Morgan fingerprint density at radius 1 is 1.44 bits per heavy atom. The van der Waals surface area contributed by atoms with Gasteiger partial charge in [-0.05, 0) is 54.5 Å². The van der Waals surface area contributed by atoms with Crippen LogP contribution >= 0.6 is 15.9 Å². The van der Waals surface area contributed by atoms with Crippen molar-refractivity contribution in [3.63, 3.8) is 0 Å². The van der Waals surface area contributed by atoms with Gasteiger partial charge in [-0.3, -0.25) is 0 Å². The van der Waals surface area contributed by atoms with E-state index < -0.39 is 6.17 Å². The van der Waals surface area contributed by atoms with E-state index in [9.17, 15) is 4.39 Å². The second kappa shape index (κ2) is 6.21. The molecule has 0 aliphatic carbocycles. The minimum absolute atomic E-state index is 0.112. The summed E-state index contributed by atoms with van der Waals surface area (Å²) in [7, 11) is 1.73. The van der Waals surface area contributed by atoms with Crippen LogP contribution in [0.1, 0.15) is 25.6 Å². The van der Waals surface area contributed by atoms with Crippen molar-refractivity contribution in [2.24, 2.45) is 0 Å². The molecule has 1 rings (SSSR count). The largest absolute Gasteiger partial charge is 0.490 e. The number of rotatable bonds is 5. The molecular formula is C12H17BrFNO. The van der Waals surface area contributed by atoms with Crippen LogP contribution in [-0.4, -0.2) is 19.7 Å². The van der Waals surface area contributed by atoms with Gasteiger partial charge < -0.3 is 10.1 Å². The quantitative estimate of drug-likeness (QED) is 0.896. The minimum atomic E-state index is -0.991. The van der Waals surface area contributed by atoms with Crippen molar-refractivity contribution in [1.29, 1.82) is 0 Å². The number of alkyl halides is 1. The average molecular weight is 290 g/mol. The molecule has 0 aromatic heterocycles. The molecule has 90 valence electrons. The second-order valence-corrected chi connectivity index (χ2v) is 4.74. The van der Waals surface area contributed by atoms with Gasteiger partial charge in [0.15, 0.2) is 0 Å². The van der Waals surface area contributed by atoms with Crippen LogP contribution in [0.25, 0.3) is 0 Å². The SMILES string of the molecule is CNCC(F)c1ccc(OC(C)C)c(Br)c1. The summed E-state index contributed by atoms with van der Waals surface area (Å²) in [6.45, 7) is 4.23. The molecule has 0 aliphatic rings. The van der Waals surface area contributed by atoms with Gasteiger partial charge in [0.1, 0.15) is 11.9 Å². The van der Waals surface area contributed by atoms with E-state index in [-0.39, 0.29) is 6.10 Å². The van der Waals surface area contributed by atoms with Crippen molar-refractivity contribution < 1.29 is 9.13 Å². The Morgan fingerprint density at radius 3 is 2.62 bits per heavy atom. The van der Waals surface area contributed by atoms with Crippen molar-refractivity contribution in [3.05, 3.63) is 28.2 Å². The third-order valence-electron chi connectivity index (χ3n) is 2.06. The first-order valence-corrected chi connectivity index (χ1v) is 6.08. The first-order chi connectivity index (χ1) is 7.54. The molecule has 2 nitrogen and oxygen atoms in total. The number of ether oxygens (including phenoxy) is 1. The smallest absolute Gasteiger partial charge is 0.138 e. The molecule has 0 amide bonds. The van der Waals surface area contributed by atoms with E-state index in [2.05, 4.69) is 21.2 Å². The van der Waals surface area contributed by atoms with Gasteiger partial charge in [-0.25, -0.2) is 4.39 Å². The van der Waals surface area contributed by atoms with Crippen LogP contribution < -0.4 is 10.1 Å². The predicted octanol–water partition coefficient (Wildman–Crippen LogP) is 3.47. The van der Waals surface area contributed by atoms with Gasteiger partial charge in [-0.2, -0.15) is 0 Å². The Bertz CT molecular complexity index is 344. The maximum atomic E-state index is 13.6. The number of hydrogen-bond donors (Lipinski definition) is 1. The molecule has 0 aliphatic heterocycles. The van der Waals surface area contributed by atoms with E-state index in [0.717, 1.165) is 10.2 Å². The number of hydrogen-bond acceptors (Lipinski definition) is 2. The van der Waals surface area contributed by atoms with Gasteiger partial charge in [-0.1, -0.05) is 6.07 Å². The molecule has 0 bridgehead atoms. The van der Waals surface area contributed by atoms with Crippen LogP contribution in [0.3, 0.4) is 0 Å². The van der Waals surface area contributed by atoms with Gasteiger partial charge in [0.25, 0.3) is 0 Å². The highest BCUT2D eigenvalue weighted by molar-refractivity contribution is 9.10. The van der Waals surface area contributed by atoms with Gasteiger partial charge >= 0.3 is 0 Å². The lowest BCUT2D eigenvalue weighted by Crippen LogP contribution is -2.14. The van der Waals surface area contributed by atoms with E-state index in [1.165, 1.54) is 0 Å². The topological polar surface area (TPSA) is 21.3 Å². The molecule has 0 spiro atoms. The summed E-state index contributed by atoms with van der Waals surface area (Å²) in [4.78, 5) is 0. The summed E-state index contributed by atoms with van der Waals surface area (Å²) in [5.41, 5.74) is 0.650. The molecule has 4 heteroatoms. The Kier molecular flexibility index (Phi) is 5.22. The highest BCUT2D eigenvalue weighted by Crippen LogP contribution is 2.30. The maximum absolute atomic E-state index is 13.6. The first-order valence-electron chi connectivity index (χ1n) is 5.29. The van der Waals surface area contributed by atoms with Crippen molar-refractivity contribution in [2.45, 2.75) is 26.1 Å². The molecule has 1 aromatic rings. The van der Waals surface area contributed by atoms with E-state index in [0.29, 0.717) is 12.1 Å². The zero-order valence-electron chi connectivity index (χ0n) is 9.76. The molecule has 0 radical (unpaired) electrons. The summed E-state index contributed by atoms with van der Waals surface area (Å²) >= 11 is 3.38. The summed E-state index contributed by atoms with van der Waals surface area (Å²) in [6, 6.07) is 5.31. The molecule has 0 heterocycles. The molecule has 0 fully saturated rings. The Balaban J connectivity index is 2.82. The van der Waals surface area contributed by atoms with Gasteiger partial charge in [0.2, 0.25) is 0 Å². The first kappa shape index (κ1) is 13.5. The van der Waals surface area contributed by atoms with E-state index >= 15 is 0 Å². The Labute approximate surface area is 104 Å². The number of likely N-dealkylation sites (N-methyl/N-ethyl adjacent to an activating group) is 1. The van der Waals surface area contributed by atoms with Crippen molar-refractivity contribution in [1.82, 2.24) is 5.32 Å². The molecule has 1 N–H and O–H groups in total. The van der Waals surface area contributed by atoms with E-state index in [4.69, 9.17) is 4.74 Å². The fourth-order valence-corrected chi connectivity index (χ4v) is 1.85. The maximum Gasteiger partial charge on any atom is 0.138 e. The molecule has 1 aromatic carbocycles. The van der Waals surface area contributed by atoms with Gasteiger partial charge in [0, 0.05) is 6.54 Å². The van der Waals surface area contributed by atoms with Crippen LogP contribution in [0.5, 0.6) is 5.75 Å². The third kappa shape index (κ3) is 3.76. The van der Waals surface area contributed by atoms with Crippen molar-refractivity contribution in [3.8, 4) is 5.75 Å². The predicted molar refractivity (Wildman–Crippen MR) is 67.7 cm³/mol. The lowest BCUT2D eigenvalue weighted by atomic mass is 10.1. The fourth-order valence-electron chi connectivity index (χ4n) is 1.36. The monoisotopic (exact) mass is 289 g/mol. The summed E-state index contributed by atoms with van der Waals surface area (Å²) < 4.78 is 19.9. The fraction of sp³-hybridized carbons (Fsp3) is 0.500. The summed E-state index contributed by atoms with van der Waals surface area (Å²) in [5.74, 6) is 0.746. The lowest BCUT2D eigenvalue weighted by molar-refractivity contribution is 0.240. The molecule has 0 saturated heterocycles. The summed E-state index contributed by atoms with van der Waals surface area (Å²) in [5, 5.41) is 2.81. The summed E-state index contributed by atoms with van der Waals surface area (Å²) in [6.07, 6.45) is -0.880. The Hall–Kier alpha value is -0.610. The van der Waals surface area contributed by atoms with Crippen molar-refractivity contribution >= 4 is 15.9 Å². The van der Waals surface area contributed by atoms with Crippen LogP contribution in [0.4, 0.5) is 4.39 Å². The zero-order valence-corrected chi connectivity index (χ0v) is 11.3. The lowest BCUT2D eigenvalue weighted by Gasteiger charge is -2.14. The number of halogens is 2. The standard InChI is InChI=1S/C12H17BrFNO/c1-8(2)16-12-5-4-9(6-10(12)13)11(14)7-15-3/h4-6,8,11,15H,7H2,1-3H3. The normalized spacial score (nSPS) is 12.9. The molecule has 0 saturated carbocycles. The van der Waals surface area contributed by atoms with Crippen LogP contribution in [0.2, 0.25) is 0 Å². The molecule has 1 atom stereocenters. The third-order valence-corrected chi connectivity index (χ3v) is 2.68. The minimum Gasteiger partial charge on any atom is -0.490 e. The molecular weight excluding hydrogens is 273 g/mol. The zero-order chi connectivity index (χ0) is 12.1. The highest BCUT2D eigenvalue weighted by atomic mass is 79.9. The Morgan fingerprint density at radius 2 is 2.12 bits per heavy atom.